The minimum Gasteiger partial charge on any atom is -0.238 e. The Kier molecular flexibility index (Phi) is 2.99. The van der Waals surface area contributed by atoms with Gasteiger partial charge in [-0.15, -0.1) is 0 Å². The normalized spacial score (nSPS) is 10.2. The smallest absolute Gasteiger partial charge is 0.148 e. The summed E-state index contributed by atoms with van der Waals surface area (Å²) in [4.78, 5) is 3.99. The quantitative estimate of drug-likeness (QED) is 0.646. The lowest BCUT2D eigenvalue weighted by molar-refractivity contribution is 1.04. The largest absolute Gasteiger partial charge is 0.238 e. The van der Waals surface area contributed by atoms with Gasteiger partial charge in [-0.1, -0.05) is 41.7 Å². The summed E-state index contributed by atoms with van der Waals surface area (Å²) < 4.78 is 0. The highest BCUT2D eigenvalue weighted by atomic mass is 35.5. The summed E-state index contributed by atoms with van der Waals surface area (Å²) in [5.41, 5.74) is 0.779. The van der Waals surface area contributed by atoms with Gasteiger partial charge in [-0.05, 0) is 12.5 Å². The first-order valence-corrected chi connectivity index (χ1v) is 4.29. The molecule has 11 heavy (non-hydrogen) atoms. The summed E-state index contributed by atoms with van der Waals surface area (Å²) in [6, 6.07) is 1.61. The fourth-order valence-corrected chi connectivity index (χ4v) is 1.38. The van der Waals surface area contributed by atoms with Crippen LogP contribution in [0.15, 0.2) is 6.07 Å². The van der Waals surface area contributed by atoms with Gasteiger partial charge in [0.15, 0.2) is 0 Å². The molecule has 0 radical (unpaired) electrons. The van der Waals surface area contributed by atoms with Gasteiger partial charge < -0.3 is 0 Å². The molecule has 1 rings (SSSR count). The molecule has 0 spiro atoms. The number of aryl methyl sites for hydroxylation is 1. The predicted octanol–water partition coefficient (Wildman–Crippen LogP) is 3.60. The van der Waals surface area contributed by atoms with E-state index in [-0.39, 0.29) is 0 Å². The topological polar surface area (TPSA) is 12.9 Å². The molecule has 0 saturated heterocycles. The van der Waals surface area contributed by atoms with Crippen molar-refractivity contribution in [1.82, 2.24) is 4.98 Å². The van der Waals surface area contributed by atoms with E-state index in [9.17, 15) is 0 Å². The second kappa shape index (κ2) is 3.61. The van der Waals surface area contributed by atoms with E-state index < -0.39 is 0 Å². The van der Waals surface area contributed by atoms with Gasteiger partial charge in [-0.25, -0.2) is 4.98 Å². The third-order valence-electron chi connectivity index (χ3n) is 1.29. The number of pyridine rings is 1. The van der Waals surface area contributed by atoms with E-state index in [1.807, 2.05) is 6.92 Å². The molecule has 0 N–H and O–H groups in total. The SMILES string of the molecule is CCc1nc(Cl)c(Cl)cc1Cl. The zero-order valence-corrected chi connectivity index (χ0v) is 8.13. The first kappa shape index (κ1) is 9.11. The van der Waals surface area contributed by atoms with E-state index in [2.05, 4.69) is 4.98 Å². The Morgan fingerprint density at radius 3 is 2.45 bits per heavy atom. The minimum absolute atomic E-state index is 0.313. The van der Waals surface area contributed by atoms with Crippen LogP contribution in [-0.2, 0) is 6.42 Å². The molecular weight excluding hydrogens is 204 g/mol. The Morgan fingerprint density at radius 1 is 1.27 bits per heavy atom. The summed E-state index contributed by atoms with van der Waals surface area (Å²) in [5, 5.41) is 1.28. The molecule has 1 aromatic rings. The molecule has 0 aliphatic carbocycles. The molecule has 0 atom stereocenters. The van der Waals surface area contributed by atoms with Crippen LogP contribution in [0.5, 0.6) is 0 Å². The zero-order chi connectivity index (χ0) is 8.43. The molecule has 0 saturated carbocycles. The summed E-state index contributed by atoms with van der Waals surface area (Å²) in [6.45, 7) is 1.96. The maximum atomic E-state index is 5.80. The van der Waals surface area contributed by atoms with E-state index in [4.69, 9.17) is 34.8 Å². The summed E-state index contributed by atoms with van der Waals surface area (Å²) in [7, 11) is 0. The van der Waals surface area contributed by atoms with E-state index in [1.165, 1.54) is 0 Å². The van der Waals surface area contributed by atoms with Crippen LogP contribution < -0.4 is 0 Å². The Labute approximate surface area is 80.3 Å². The lowest BCUT2D eigenvalue weighted by atomic mass is 10.3. The van der Waals surface area contributed by atoms with Gasteiger partial charge in [0.05, 0.1) is 15.7 Å². The van der Waals surface area contributed by atoms with E-state index in [0.29, 0.717) is 15.2 Å². The van der Waals surface area contributed by atoms with Gasteiger partial charge in [-0.2, -0.15) is 0 Å². The predicted molar refractivity (Wildman–Crippen MR) is 48.6 cm³/mol. The maximum Gasteiger partial charge on any atom is 0.148 e. The molecular formula is C7H6Cl3N. The van der Waals surface area contributed by atoms with Crippen LogP contribution in [0.4, 0.5) is 0 Å². The van der Waals surface area contributed by atoms with Crippen LogP contribution in [0.2, 0.25) is 15.2 Å². The van der Waals surface area contributed by atoms with Gasteiger partial charge in [0.25, 0.3) is 0 Å². The Morgan fingerprint density at radius 2 is 1.91 bits per heavy atom. The standard InChI is InChI=1S/C7H6Cl3N/c1-2-6-4(8)3-5(9)7(10)11-6/h3H,2H2,1H3. The van der Waals surface area contributed by atoms with Crippen LogP contribution in [-0.4, -0.2) is 4.98 Å². The molecule has 0 aliphatic heterocycles. The summed E-state index contributed by atoms with van der Waals surface area (Å²) in [5.74, 6) is 0. The molecule has 0 amide bonds. The number of nitrogens with zero attached hydrogens (tertiary/aromatic N) is 1. The second-order valence-electron chi connectivity index (χ2n) is 2.04. The Balaban J connectivity index is 3.21. The number of aromatic nitrogens is 1. The van der Waals surface area contributed by atoms with Crippen molar-refractivity contribution < 1.29 is 0 Å². The third kappa shape index (κ3) is 1.98. The molecule has 0 aliphatic rings. The highest BCUT2D eigenvalue weighted by Gasteiger charge is 2.04. The molecule has 4 heteroatoms. The molecule has 0 unspecified atom stereocenters. The highest BCUT2D eigenvalue weighted by Crippen LogP contribution is 2.25. The lowest BCUT2D eigenvalue weighted by Crippen LogP contribution is -1.89. The van der Waals surface area contributed by atoms with Crippen LogP contribution >= 0.6 is 34.8 Å². The first-order valence-electron chi connectivity index (χ1n) is 3.15. The fourth-order valence-electron chi connectivity index (χ4n) is 0.727. The average Bonchev–Trinajstić information content (AvgIpc) is 1.97. The van der Waals surface area contributed by atoms with Crippen molar-refractivity contribution in [3.63, 3.8) is 0 Å². The monoisotopic (exact) mass is 209 g/mol. The van der Waals surface area contributed by atoms with E-state index in [0.717, 1.165) is 12.1 Å². The Bertz CT molecular complexity index is 273. The van der Waals surface area contributed by atoms with Crippen molar-refractivity contribution >= 4 is 34.8 Å². The number of rotatable bonds is 1. The van der Waals surface area contributed by atoms with Crippen molar-refractivity contribution in [2.24, 2.45) is 0 Å². The van der Waals surface area contributed by atoms with Gasteiger partial charge in [0.1, 0.15) is 5.15 Å². The molecule has 1 nitrogen and oxygen atoms in total. The highest BCUT2D eigenvalue weighted by molar-refractivity contribution is 6.42. The van der Waals surface area contributed by atoms with Gasteiger partial charge in [0, 0.05) is 0 Å². The number of hydrogen-bond acceptors (Lipinski definition) is 1. The van der Waals surface area contributed by atoms with Crippen molar-refractivity contribution in [3.8, 4) is 0 Å². The Hall–Kier alpha value is 0.0200. The minimum atomic E-state index is 0.313. The third-order valence-corrected chi connectivity index (χ3v) is 2.29. The number of halogens is 3. The van der Waals surface area contributed by atoms with Gasteiger partial charge >= 0.3 is 0 Å². The number of hydrogen-bond donors (Lipinski definition) is 0. The lowest BCUT2D eigenvalue weighted by Gasteiger charge is -2.01. The van der Waals surface area contributed by atoms with Crippen LogP contribution in [0.1, 0.15) is 12.6 Å². The maximum absolute atomic E-state index is 5.80. The first-order chi connectivity index (χ1) is 5.15. The second-order valence-corrected chi connectivity index (χ2v) is 3.22. The average molecular weight is 210 g/mol. The van der Waals surface area contributed by atoms with Crippen molar-refractivity contribution in [1.29, 1.82) is 0 Å². The van der Waals surface area contributed by atoms with Gasteiger partial charge in [0.2, 0.25) is 0 Å². The van der Waals surface area contributed by atoms with E-state index in [1.54, 1.807) is 6.07 Å². The fraction of sp³-hybridized carbons (Fsp3) is 0.286. The molecule has 0 fully saturated rings. The molecule has 1 heterocycles. The molecule has 1 aromatic heterocycles. The molecule has 0 bridgehead atoms. The van der Waals surface area contributed by atoms with E-state index >= 15 is 0 Å². The summed E-state index contributed by atoms with van der Waals surface area (Å²) in [6.07, 6.45) is 0.760. The van der Waals surface area contributed by atoms with Crippen molar-refractivity contribution in [2.45, 2.75) is 13.3 Å². The molecule has 60 valence electrons. The summed E-state index contributed by atoms with van der Waals surface area (Å²) >= 11 is 17.1. The molecule has 0 aromatic carbocycles. The van der Waals surface area contributed by atoms with Crippen LogP contribution in [0, 0.1) is 0 Å². The van der Waals surface area contributed by atoms with Gasteiger partial charge in [-0.3, -0.25) is 0 Å². The van der Waals surface area contributed by atoms with Crippen molar-refractivity contribution in [3.05, 3.63) is 27.0 Å². The van der Waals surface area contributed by atoms with Crippen LogP contribution in [0.25, 0.3) is 0 Å². The zero-order valence-electron chi connectivity index (χ0n) is 5.87. The van der Waals surface area contributed by atoms with Crippen LogP contribution in [0.3, 0.4) is 0 Å². The van der Waals surface area contributed by atoms with Crippen molar-refractivity contribution in [2.75, 3.05) is 0 Å².